The quantitative estimate of drug-likeness (QED) is 0.217. The molecule has 7 nitrogen and oxygen atoms in total. The molecule has 9 heteroatoms. The molecule has 3 rings (SSSR count). The van der Waals surface area contributed by atoms with E-state index in [0.717, 1.165) is 11.4 Å². The summed E-state index contributed by atoms with van der Waals surface area (Å²) in [5, 5.41) is 15.7. The highest BCUT2D eigenvalue weighted by atomic mass is 32.1. The van der Waals surface area contributed by atoms with Gasteiger partial charge < -0.3 is 10.6 Å². The Morgan fingerprint density at radius 3 is 1.41 bits per heavy atom. The third-order valence-electron chi connectivity index (χ3n) is 4.76. The molecule has 0 radical (unpaired) electrons. The molecule has 0 aliphatic carbocycles. The Hall–Kier alpha value is -3.69. The highest BCUT2D eigenvalue weighted by Gasteiger charge is 2.06. The third kappa shape index (κ3) is 7.72. The first-order valence-corrected chi connectivity index (χ1v) is 11.5. The first kappa shape index (κ1) is 24.9. The van der Waals surface area contributed by atoms with Crippen LogP contribution in [0, 0.1) is 13.8 Å². The van der Waals surface area contributed by atoms with E-state index < -0.39 is 0 Å². The molecule has 0 aliphatic rings. The Labute approximate surface area is 210 Å². The Kier molecular flexibility index (Phi) is 8.78. The molecule has 0 spiro atoms. The Morgan fingerprint density at radius 2 is 1.03 bits per heavy atom. The minimum Gasteiger partial charge on any atom is -0.331 e. The smallest absolute Gasteiger partial charge is 0.191 e. The van der Waals surface area contributed by atoms with Crippen LogP contribution in [0.1, 0.15) is 36.4 Å². The van der Waals surface area contributed by atoms with Gasteiger partial charge in [0.2, 0.25) is 0 Å². The van der Waals surface area contributed by atoms with Crippen LogP contribution < -0.4 is 21.5 Å². The lowest BCUT2D eigenvalue weighted by molar-refractivity contribution is 1.02. The van der Waals surface area contributed by atoms with E-state index in [1.807, 2.05) is 94.4 Å². The fourth-order valence-electron chi connectivity index (χ4n) is 2.81. The lowest BCUT2D eigenvalue weighted by Crippen LogP contribution is -2.25. The standard InChI is InChI=1S/C25H27N7S2/c1-16-8-12-20(13-9-16)26-24(33)31-29-18(3)22-6-5-7-23(28-22)19(4)30-32-25(34)27-21-14-10-17(2)11-15-21/h5-15H,1-4H3,(H2,26,31,33)(H2,27,32,34)/b29-18-,30-19-. The molecule has 1 aromatic heterocycles. The minimum absolute atomic E-state index is 0.399. The number of hydrogen-bond acceptors (Lipinski definition) is 5. The van der Waals surface area contributed by atoms with Gasteiger partial charge >= 0.3 is 0 Å². The van der Waals surface area contributed by atoms with Gasteiger partial charge in [-0.05, 0) is 88.5 Å². The van der Waals surface area contributed by atoms with Crippen molar-refractivity contribution in [2.75, 3.05) is 10.6 Å². The van der Waals surface area contributed by atoms with Crippen LogP contribution in [0.3, 0.4) is 0 Å². The van der Waals surface area contributed by atoms with Gasteiger partial charge in [-0.1, -0.05) is 41.5 Å². The summed E-state index contributed by atoms with van der Waals surface area (Å²) in [5.41, 5.74) is 12.7. The average Bonchev–Trinajstić information content (AvgIpc) is 2.84. The summed E-state index contributed by atoms with van der Waals surface area (Å²) in [6.07, 6.45) is 0. The lowest BCUT2D eigenvalue weighted by atomic mass is 10.2. The number of pyridine rings is 1. The maximum Gasteiger partial charge on any atom is 0.191 e. The molecule has 0 bridgehead atoms. The van der Waals surface area contributed by atoms with Gasteiger partial charge in [0, 0.05) is 11.4 Å². The fraction of sp³-hybridized carbons (Fsp3) is 0.160. The number of aryl methyl sites for hydroxylation is 2. The number of anilines is 2. The number of aromatic nitrogens is 1. The van der Waals surface area contributed by atoms with Gasteiger partial charge in [0.25, 0.3) is 0 Å². The second-order valence-corrected chi connectivity index (χ2v) is 8.48. The zero-order valence-corrected chi connectivity index (χ0v) is 21.1. The number of thiocarbonyl (C=S) groups is 2. The van der Waals surface area contributed by atoms with Gasteiger partial charge in [0.05, 0.1) is 22.8 Å². The van der Waals surface area contributed by atoms with Crippen LogP contribution in [-0.2, 0) is 0 Å². The summed E-state index contributed by atoms with van der Waals surface area (Å²) in [4.78, 5) is 4.65. The van der Waals surface area contributed by atoms with Crippen LogP contribution in [0.2, 0.25) is 0 Å². The van der Waals surface area contributed by atoms with E-state index in [9.17, 15) is 0 Å². The molecule has 3 aromatic rings. The third-order valence-corrected chi connectivity index (χ3v) is 5.15. The van der Waals surface area contributed by atoms with Crippen molar-refractivity contribution in [2.24, 2.45) is 10.2 Å². The van der Waals surface area contributed by atoms with Crippen LogP contribution >= 0.6 is 24.4 Å². The molecule has 0 saturated carbocycles. The van der Waals surface area contributed by atoms with Gasteiger partial charge in [-0.2, -0.15) is 10.2 Å². The first-order valence-electron chi connectivity index (χ1n) is 10.6. The second kappa shape index (κ2) is 12.0. The van der Waals surface area contributed by atoms with E-state index in [-0.39, 0.29) is 0 Å². The maximum absolute atomic E-state index is 5.32. The number of benzene rings is 2. The summed E-state index contributed by atoms with van der Waals surface area (Å²) in [5.74, 6) is 0. The highest BCUT2D eigenvalue weighted by molar-refractivity contribution is 7.80. The Bertz CT molecular complexity index is 1120. The van der Waals surface area contributed by atoms with Crippen molar-refractivity contribution in [3.05, 3.63) is 89.2 Å². The molecule has 0 aliphatic heterocycles. The van der Waals surface area contributed by atoms with E-state index in [1.54, 1.807) is 0 Å². The summed E-state index contributed by atoms with van der Waals surface area (Å²) < 4.78 is 0. The van der Waals surface area contributed by atoms with Crippen molar-refractivity contribution in [3.8, 4) is 0 Å². The normalized spacial score (nSPS) is 11.5. The van der Waals surface area contributed by atoms with Crippen LogP contribution in [0.15, 0.2) is 76.9 Å². The number of rotatable bonds is 6. The van der Waals surface area contributed by atoms with Gasteiger partial charge in [-0.15, -0.1) is 0 Å². The zero-order valence-electron chi connectivity index (χ0n) is 19.5. The molecule has 0 amide bonds. The Morgan fingerprint density at radius 1 is 0.647 bits per heavy atom. The van der Waals surface area contributed by atoms with Crippen LogP contribution in [0.4, 0.5) is 11.4 Å². The summed E-state index contributed by atoms with van der Waals surface area (Å²) in [6, 6.07) is 21.6. The van der Waals surface area contributed by atoms with Gasteiger partial charge in [-0.3, -0.25) is 10.9 Å². The fourth-order valence-corrected chi connectivity index (χ4v) is 3.14. The molecular weight excluding hydrogens is 462 g/mol. The Balaban J connectivity index is 1.58. The molecule has 2 aromatic carbocycles. The molecule has 174 valence electrons. The zero-order chi connectivity index (χ0) is 24.5. The summed E-state index contributed by atoms with van der Waals surface area (Å²) in [7, 11) is 0. The van der Waals surface area contributed by atoms with Crippen molar-refractivity contribution < 1.29 is 0 Å². The number of hydrazone groups is 2. The predicted octanol–water partition coefficient (Wildman–Crippen LogP) is 5.12. The van der Waals surface area contributed by atoms with Gasteiger partial charge in [-0.25, -0.2) is 4.98 Å². The van der Waals surface area contributed by atoms with Crippen LogP contribution in [0.5, 0.6) is 0 Å². The van der Waals surface area contributed by atoms with Crippen LogP contribution in [-0.4, -0.2) is 26.6 Å². The monoisotopic (exact) mass is 489 g/mol. The molecule has 0 atom stereocenters. The predicted molar refractivity (Wildman–Crippen MR) is 150 cm³/mol. The van der Waals surface area contributed by atoms with Crippen molar-refractivity contribution in [1.29, 1.82) is 0 Å². The molecule has 34 heavy (non-hydrogen) atoms. The van der Waals surface area contributed by atoms with Gasteiger partial charge in [0.1, 0.15) is 0 Å². The molecule has 0 unspecified atom stereocenters. The number of nitrogens with zero attached hydrogens (tertiary/aromatic N) is 3. The van der Waals surface area contributed by atoms with E-state index >= 15 is 0 Å². The van der Waals surface area contributed by atoms with Crippen molar-refractivity contribution in [3.63, 3.8) is 0 Å². The average molecular weight is 490 g/mol. The van der Waals surface area contributed by atoms with Crippen molar-refractivity contribution in [2.45, 2.75) is 27.7 Å². The van der Waals surface area contributed by atoms with E-state index in [1.165, 1.54) is 11.1 Å². The minimum atomic E-state index is 0.399. The summed E-state index contributed by atoms with van der Waals surface area (Å²) in [6.45, 7) is 7.79. The molecule has 4 N–H and O–H groups in total. The SMILES string of the molecule is C/C(=N/NC(=S)Nc1ccc(C)cc1)c1cccc(/C(C)=N\NC(=S)Nc2ccc(C)cc2)n1. The topological polar surface area (TPSA) is 85.7 Å². The molecule has 1 heterocycles. The van der Waals surface area contributed by atoms with E-state index in [4.69, 9.17) is 24.4 Å². The van der Waals surface area contributed by atoms with Crippen molar-refractivity contribution >= 4 is 57.5 Å². The maximum atomic E-state index is 5.32. The largest absolute Gasteiger partial charge is 0.331 e. The van der Waals surface area contributed by atoms with Crippen LogP contribution in [0.25, 0.3) is 0 Å². The van der Waals surface area contributed by atoms with E-state index in [0.29, 0.717) is 33.0 Å². The second-order valence-electron chi connectivity index (χ2n) is 7.67. The molecule has 0 fully saturated rings. The highest BCUT2D eigenvalue weighted by Crippen LogP contribution is 2.09. The lowest BCUT2D eigenvalue weighted by Gasteiger charge is -2.09. The van der Waals surface area contributed by atoms with Gasteiger partial charge in [0.15, 0.2) is 10.2 Å². The van der Waals surface area contributed by atoms with Crippen molar-refractivity contribution in [1.82, 2.24) is 15.8 Å². The molecular formula is C25H27N7S2. The number of nitrogens with one attached hydrogen (secondary N) is 4. The van der Waals surface area contributed by atoms with E-state index in [2.05, 4.69) is 36.7 Å². The summed E-state index contributed by atoms with van der Waals surface area (Å²) >= 11 is 10.6. The first-order chi connectivity index (χ1) is 16.3. The number of hydrogen-bond donors (Lipinski definition) is 4. The molecule has 0 saturated heterocycles.